The second kappa shape index (κ2) is 17.5. The molecule has 0 aromatic rings. The summed E-state index contributed by atoms with van der Waals surface area (Å²) >= 11 is 0. The Hall–Kier alpha value is -4.17. The molecule has 2 heterocycles. The summed E-state index contributed by atoms with van der Waals surface area (Å²) in [6, 6.07) is -4.38. The summed E-state index contributed by atoms with van der Waals surface area (Å²) in [5.41, 5.74) is 4.16. The molecule has 0 bridgehead atoms. The quantitative estimate of drug-likeness (QED) is 0.124. The summed E-state index contributed by atoms with van der Waals surface area (Å²) in [5, 5.41) is 11.3. The van der Waals surface area contributed by atoms with Crippen molar-refractivity contribution in [3.05, 3.63) is 12.7 Å². The van der Waals surface area contributed by atoms with Gasteiger partial charge in [0.25, 0.3) is 5.91 Å². The topological polar surface area (TPSA) is 209 Å². The number of nitrogens with zero attached hydrogens (tertiary/aromatic N) is 2. The van der Waals surface area contributed by atoms with Gasteiger partial charge in [-0.25, -0.2) is 9.59 Å². The molecule has 6 N–H and O–H groups in total. The van der Waals surface area contributed by atoms with Crippen LogP contribution in [0.2, 0.25) is 0 Å². The van der Waals surface area contributed by atoms with Gasteiger partial charge in [-0.3, -0.25) is 24.0 Å². The average molecular weight is 758 g/mol. The molecular weight excluding hydrogens is 694 g/mol. The lowest BCUT2D eigenvalue weighted by molar-refractivity contribution is -0.144. The minimum absolute atomic E-state index is 0.0371. The Kier molecular flexibility index (Phi) is 13.8. The second-order valence-electron chi connectivity index (χ2n) is 18.0. The van der Waals surface area contributed by atoms with Gasteiger partial charge in [-0.15, -0.1) is 6.58 Å². The van der Waals surface area contributed by atoms with Crippen LogP contribution in [-0.4, -0.2) is 108 Å². The number of carbonyl (C=O) groups is 7. The van der Waals surface area contributed by atoms with Crippen LogP contribution in [0.25, 0.3) is 0 Å². The summed E-state index contributed by atoms with van der Waals surface area (Å²) < 4.78 is 5.29. The molecule has 1 unspecified atom stereocenters. The fraction of sp³-hybridized carbons (Fsp3) is 0.769. The van der Waals surface area contributed by atoms with Crippen LogP contribution in [0.1, 0.15) is 112 Å². The van der Waals surface area contributed by atoms with Crippen LogP contribution >= 0.6 is 0 Å². The van der Waals surface area contributed by atoms with Crippen LogP contribution in [0.15, 0.2) is 12.7 Å². The molecule has 2 aliphatic carbocycles. The highest BCUT2D eigenvalue weighted by Crippen LogP contribution is 2.41. The number of amides is 7. The Morgan fingerprint density at radius 1 is 1.00 bits per heavy atom. The number of Topliss-reactive ketones (excluding diaryl/α,β-unsaturated/α-hetero) is 1. The molecule has 0 aromatic carbocycles. The number of rotatable bonds is 15. The van der Waals surface area contributed by atoms with Gasteiger partial charge in [-0.2, -0.15) is 0 Å². The maximum atomic E-state index is 14.8. The zero-order chi connectivity index (χ0) is 40.0. The van der Waals surface area contributed by atoms with E-state index in [2.05, 4.69) is 41.7 Å². The number of nitrogens with two attached hydrogens (primary N) is 1. The molecule has 2 saturated carbocycles. The zero-order valence-corrected chi connectivity index (χ0v) is 33.1. The van der Waals surface area contributed by atoms with E-state index in [1.54, 1.807) is 4.90 Å². The van der Waals surface area contributed by atoms with Gasteiger partial charge in [-0.1, -0.05) is 79.7 Å². The molecule has 302 valence electrons. The van der Waals surface area contributed by atoms with Crippen molar-refractivity contribution < 1.29 is 38.3 Å². The average Bonchev–Trinajstić information content (AvgIpc) is 3.81. The third-order valence-electron chi connectivity index (χ3n) is 11.7. The van der Waals surface area contributed by atoms with Gasteiger partial charge < -0.3 is 41.5 Å². The predicted molar refractivity (Wildman–Crippen MR) is 202 cm³/mol. The van der Waals surface area contributed by atoms with Crippen LogP contribution in [-0.2, 0) is 28.7 Å². The molecular formula is C39H63N7O8. The SMILES string of the molecule is C=CCNC(=O)C(=O)C(CC1CC1)NC(=O)[C@@H]1C[C@@H](OC(N)=O)CN1C(=O)[C@@H](NC(=O)N[C@H](CN1CCC(C)(C)CC1=O)C(C)(C)C)C1(C)CCCCC1. The Morgan fingerprint density at radius 3 is 2.24 bits per heavy atom. The van der Waals surface area contributed by atoms with E-state index >= 15 is 0 Å². The number of likely N-dealkylation sites (tertiary alicyclic amines) is 2. The number of urea groups is 1. The molecule has 4 aliphatic rings. The standard InChI is InChI=1S/C39H63N7O8/c1-8-17-41-33(50)30(48)26(19-24-12-13-24)42-32(49)27-20-25(54-35(40)52)22-46(27)34(51)31(39(7)14-10-9-11-15-39)44-36(53)43-28(37(2,3)4)23-45-18-16-38(5,6)21-29(45)47/h8,24-28,31H,1,9-23H2,2-7H3,(H2,40,52)(H,41,50)(H,42,49)(H2,43,44,53)/t25-,26?,27+,28-,31-/m1/s1. The second-order valence-corrected chi connectivity index (χ2v) is 18.0. The Labute approximate surface area is 319 Å². The number of ketones is 1. The number of hydrogen-bond acceptors (Lipinski definition) is 8. The highest BCUT2D eigenvalue weighted by molar-refractivity contribution is 6.38. The van der Waals surface area contributed by atoms with E-state index in [9.17, 15) is 33.6 Å². The molecule has 54 heavy (non-hydrogen) atoms. The lowest BCUT2D eigenvalue weighted by Crippen LogP contribution is -2.63. The largest absolute Gasteiger partial charge is 0.444 e. The molecule has 4 rings (SSSR count). The normalized spacial score (nSPS) is 24.0. The summed E-state index contributed by atoms with van der Waals surface area (Å²) in [5.74, 6) is -2.64. The molecule has 0 radical (unpaired) electrons. The number of ether oxygens (including phenoxy) is 1. The number of piperidine rings is 1. The van der Waals surface area contributed by atoms with Crippen LogP contribution in [0, 0.1) is 22.2 Å². The van der Waals surface area contributed by atoms with Gasteiger partial charge in [0, 0.05) is 32.5 Å². The fourth-order valence-electron chi connectivity index (χ4n) is 7.94. The van der Waals surface area contributed by atoms with E-state index < -0.39 is 76.7 Å². The molecule has 0 aromatic heterocycles. The number of primary amides is 1. The first kappa shape index (κ1) is 42.6. The molecule has 5 atom stereocenters. The number of carbonyl (C=O) groups excluding carboxylic acids is 7. The van der Waals surface area contributed by atoms with Crippen molar-refractivity contribution in [2.45, 2.75) is 142 Å². The summed E-state index contributed by atoms with van der Waals surface area (Å²) in [6.07, 6.45) is 6.62. The predicted octanol–water partition coefficient (Wildman–Crippen LogP) is 2.91. The molecule has 7 amide bonds. The first-order valence-electron chi connectivity index (χ1n) is 19.6. The number of hydrogen-bond donors (Lipinski definition) is 5. The maximum absolute atomic E-state index is 14.8. The van der Waals surface area contributed by atoms with E-state index in [-0.39, 0.29) is 43.2 Å². The molecule has 0 spiro atoms. The first-order valence-corrected chi connectivity index (χ1v) is 19.6. The number of nitrogens with one attached hydrogen (secondary N) is 4. The Morgan fingerprint density at radius 2 is 1.67 bits per heavy atom. The van der Waals surface area contributed by atoms with Crippen molar-refractivity contribution in [3.63, 3.8) is 0 Å². The minimum Gasteiger partial charge on any atom is -0.444 e. The molecule has 2 aliphatic heterocycles. The lowest BCUT2D eigenvalue weighted by Gasteiger charge is -2.43. The highest BCUT2D eigenvalue weighted by Gasteiger charge is 2.49. The minimum atomic E-state index is -1.18. The lowest BCUT2D eigenvalue weighted by atomic mass is 9.70. The van der Waals surface area contributed by atoms with Crippen molar-refractivity contribution in [2.75, 3.05) is 26.2 Å². The monoisotopic (exact) mass is 757 g/mol. The van der Waals surface area contributed by atoms with Crippen molar-refractivity contribution in [3.8, 4) is 0 Å². The van der Waals surface area contributed by atoms with E-state index in [0.717, 1.165) is 38.5 Å². The smallest absolute Gasteiger partial charge is 0.404 e. The van der Waals surface area contributed by atoms with E-state index in [0.29, 0.717) is 32.4 Å². The van der Waals surface area contributed by atoms with Crippen molar-refractivity contribution in [2.24, 2.45) is 27.9 Å². The van der Waals surface area contributed by atoms with Crippen LogP contribution in [0.5, 0.6) is 0 Å². The van der Waals surface area contributed by atoms with E-state index in [1.165, 1.54) is 11.0 Å². The molecule has 15 nitrogen and oxygen atoms in total. The summed E-state index contributed by atoms with van der Waals surface area (Å²) in [7, 11) is 0. The van der Waals surface area contributed by atoms with E-state index in [1.807, 2.05) is 27.7 Å². The Bertz CT molecular complexity index is 1450. The van der Waals surface area contributed by atoms with Gasteiger partial charge in [0.05, 0.1) is 18.6 Å². The third kappa shape index (κ3) is 11.4. The first-order chi connectivity index (χ1) is 25.2. The maximum Gasteiger partial charge on any atom is 0.404 e. The summed E-state index contributed by atoms with van der Waals surface area (Å²) in [6.45, 7) is 16.4. The van der Waals surface area contributed by atoms with Gasteiger partial charge in [0.15, 0.2) is 0 Å². The van der Waals surface area contributed by atoms with Crippen molar-refractivity contribution in [1.82, 2.24) is 31.1 Å². The van der Waals surface area contributed by atoms with E-state index in [4.69, 9.17) is 10.5 Å². The van der Waals surface area contributed by atoms with Gasteiger partial charge in [0.2, 0.25) is 23.5 Å². The van der Waals surface area contributed by atoms with Crippen LogP contribution in [0.4, 0.5) is 9.59 Å². The highest BCUT2D eigenvalue weighted by atomic mass is 16.6. The Balaban J connectivity index is 1.58. The van der Waals surface area contributed by atoms with Gasteiger partial charge >= 0.3 is 12.1 Å². The van der Waals surface area contributed by atoms with Gasteiger partial charge in [-0.05, 0) is 47.8 Å². The molecule has 4 fully saturated rings. The van der Waals surface area contributed by atoms with Gasteiger partial charge in [0.1, 0.15) is 18.2 Å². The van der Waals surface area contributed by atoms with Crippen molar-refractivity contribution in [1.29, 1.82) is 0 Å². The summed E-state index contributed by atoms with van der Waals surface area (Å²) in [4.78, 5) is 96.7. The van der Waals surface area contributed by atoms with Crippen LogP contribution < -0.4 is 27.0 Å². The van der Waals surface area contributed by atoms with Crippen molar-refractivity contribution >= 4 is 41.5 Å². The zero-order valence-electron chi connectivity index (χ0n) is 33.1. The fourth-order valence-corrected chi connectivity index (χ4v) is 7.94. The third-order valence-corrected chi connectivity index (χ3v) is 11.7. The molecule has 2 saturated heterocycles. The van der Waals surface area contributed by atoms with Crippen LogP contribution in [0.3, 0.4) is 0 Å². The molecule has 15 heteroatoms.